The summed E-state index contributed by atoms with van der Waals surface area (Å²) in [5, 5.41) is 3.26. The normalized spacial score (nSPS) is 22.6. The van der Waals surface area contributed by atoms with Gasteiger partial charge in [-0.2, -0.15) is 4.98 Å². The number of aromatic nitrogens is 2. The summed E-state index contributed by atoms with van der Waals surface area (Å²) in [5.74, 6) is 0.886. The molecule has 2 atom stereocenters. The fourth-order valence-corrected chi connectivity index (χ4v) is 5.29. The standard InChI is InChI=1S/C26H35N9O2/c1-4-23(36)34-10-9-22(21(27)17-34)35-16-18-15-28-25(30-24(18)32(3)26(35)37)29-19-5-7-20(8-6-19)33-13-11-31(2)12-14-33/h4-8,15,21-22H,1,9-14,16-17,27H2,2-3H3,(H,28,29,30)/t21-,22-/m0/s1. The van der Waals surface area contributed by atoms with Gasteiger partial charge in [-0.25, -0.2) is 9.78 Å². The number of piperazine rings is 1. The molecule has 1 aromatic heterocycles. The number of amides is 3. The SMILES string of the molecule is C=CC(=O)N1CC[C@H](N2Cc3cnc(Nc4ccc(N5CCN(C)CC5)cc4)nc3N(C)C2=O)[C@@H](N)C1. The Balaban J connectivity index is 1.26. The molecule has 3 N–H and O–H groups in total. The number of piperidine rings is 1. The highest BCUT2D eigenvalue weighted by molar-refractivity contribution is 5.93. The average Bonchev–Trinajstić information content (AvgIpc) is 2.91. The van der Waals surface area contributed by atoms with E-state index in [0.29, 0.717) is 37.8 Å². The second-order valence-corrected chi connectivity index (χ2v) is 9.98. The number of hydrogen-bond donors (Lipinski definition) is 2. The zero-order valence-electron chi connectivity index (χ0n) is 21.5. The maximum Gasteiger partial charge on any atom is 0.326 e. The van der Waals surface area contributed by atoms with E-state index in [2.05, 4.69) is 50.8 Å². The van der Waals surface area contributed by atoms with Gasteiger partial charge in [0.1, 0.15) is 5.82 Å². The topological polar surface area (TPSA) is 114 Å². The molecule has 2 saturated heterocycles. The van der Waals surface area contributed by atoms with Crippen molar-refractivity contribution in [1.82, 2.24) is 24.7 Å². The molecule has 11 heteroatoms. The Hall–Kier alpha value is -3.70. The monoisotopic (exact) mass is 505 g/mol. The number of anilines is 4. The number of carbonyl (C=O) groups excluding carboxylic acids is 2. The van der Waals surface area contributed by atoms with Gasteiger partial charge in [-0.15, -0.1) is 0 Å². The van der Waals surface area contributed by atoms with Crippen LogP contribution in [0, 0.1) is 0 Å². The molecule has 0 spiro atoms. The molecule has 5 rings (SSSR count). The Bertz CT molecular complexity index is 1160. The number of benzene rings is 1. The minimum absolute atomic E-state index is 0.135. The summed E-state index contributed by atoms with van der Waals surface area (Å²) in [6.45, 7) is 9.02. The summed E-state index contributed by atoms with van der Waals surface area (Å²) < 4.78 is 0. The molecule has 2 aromatic rings. The Morgan fingerprint density at radius 2 is 1.86 bits per heavy atom. The fraction of sp³-hybridized carbons (Fsp3) is 0.462. The van der Waals surface area contributed by atoms with Crippen LogP contribution in [0.1, 0.15) is 12.0 Å². The lowest BCUT2D eigenvalue weighted by Crippen LogP contribution is -2.62. The molecule has 3 aliphatic rings. The van der Waals surface area contributed by atoms with Crippen LogP contribution in [0.2, 0.25) is 0 Å². The zero-order chi connectivity index (χ0) is 26.1. The number of likely N-dealkylation sites (N-methyl/N-ethyl adjacent to an activating group) is 1. The smallest absolute Gasteiger partial charge is 0.326 e. The largest absolute Gasteiger partial charge is 0.369 e. The minimum atomic E-state index is -0.341. The molecule has 0 aliphatic carbocycles. The van der Waals surface area contributed by atoms with Crippen molar-refractivity contribution < 1.29 is 9.59 Å². The number of nitrogens with two attached hydrogens (primary N) is 1. The highest BCUT2D eigenvalue weighted by atomic mass is 16.2. The van der Waals surface area contributed by atoms with Gasteiger partial charge in [-0.1, -0.05) is 6.58 Å². The van der Waals surface area contributed by atoms with Crippen LogP contribution in [0.4, 0.5) is 27.9 Å². The van der Waals surface area contributed by atoms with Crippen molar-refractivity contribution in [2.75, 3.05) is 68.5 Å². The second kappa shape index (κ2) is 10.3. The summed E-state index contributed by atoms with van der Waals surface area (Å²) in [6, 6.07) is 7.60. The lowest BCUT2D eigenvalue weighted by Gasteiger charge is -2.45. The summed E-state index contributed by atoms with van der Waals surface area (Å²) >= 11 is 0. The Morgan fingerprint density at radius 1 is 1.14 bits per heavy atom. The second-order valence-electron chi connectivity index (χ2n) is 9.98. The molecule has 0 unspecified atom stereocenters. The molecule has 0 bridgehead atoms. The van der Waals surface area contributed by atoms with E-state index >= 15 is 0 Å². The van der Waals surface area contributed by atoms with Crippen molar-refractivity contribution in [1.29, 1.82) is 0 Å². The van der Waals surface area contributed by atoms with E-state index in [1.54, 1.807) is 27.9 Å². The first kappa shape index (κ1) is 25.0. The van der Waals surface area contributed by atoms with E-state index in [0.717, 1.165) is 37.4 Å². The van der Waals surface area contributed by atoms with E-state index in [1.807, 2.05) is 12.1 Å². The van der Waals surface area contributed by atoms with E-state index in [9.17, 15) is 9.59 Å². The Morgan fingerprint density at radius 3 is 2.54 bits per heavy atom. The van der Waals surface area contributed by atoms with Crippen LogP contribution >= 0.6 is 0 Å². The van der Waals surface area contributed by atoms with Crippen molar-refractivity contribution in [3.8, 4) is 0 Å². The first-order valence-corrected chi connectivity index (χ1v) is 12.7. The van der Waals surface area contributed by atoms with Crippen LogP contribution < -0.4 is 20.9 Å². The third kappa shape index (κ3) is 5.09. The molecule has 0 radical (unpaired) electrons. The maximum atomic E-state index is 13.3. The van der Waals surface area contributed by atoms with Crippen molar-refractivity contribution in [2.24, 2.45) is 5.73 Å². The summed E-state index contributed by atoms with van der Waals surface area (Å²) in [4.78, 5) is 44.2. The van der Waals surface area contributed by atoms with Gasteiger partial charge in [0, 0.05) is 75.5 Å². The summed E-state index contributed by atoms with van der Waals surface area (Å²) in [5.41, 5.74) is 9.35. The molecular weight excluding hydrogens is 470 g/mol. The number of nitrogens with one attached hydrogen (secondary N) is 1. The van der Waals surface area contributed by atoms with E-state index in [1.165, 1.54) is 11.8 Å². The third-order valence-corrected chi connectivity index (χ3v) is 7.53. The molecule has 3 aliphatic heterocycles. The van der Waals surface area contributed by atoms with Gasteiger partial charge in [0.25, 0.3) is 0 Å². The van der Waals surface area contributed by atoms with E-state index < -0.39 is 0 Å². The van der Waals surface area contributed by atoms with Gasteiger partial charge in [0.05, 0.1) is 12.6 Å². The van der Waals surface area contributed by atoms with Crippen molar-refractivity contribution in [3.05, 3.63) is 48.7 Å². The highest BCUT2D eigenvalue weighted by Crippen LogP contribution is 2.30. The van der Waals surface area contributed by atoms with Crippen LogP contribution in [0.5, 0.6) is 0 Å². The zero-order valence-corrected chi connectivity index (χ0v) is 21.5. The lowest BCUT2D eigenvalue weighted by atomic mass is 9.97. The van der Waals surface area contributed by atoms with Gasteiger partial charge in [0.2, 0.25) is 11.9 Å². The number of fused-ring (bicyclic) bond motifs is 1. The van der Waals surface area contributed by atoms with Gasteiger partial charge >= 0.3 is 6.03 Å². The Labute approximate surface area is 217 Å². The van der Waals surface area contributed by atoms with Crippen LogP contribution in [0.15, 0.2) is 43.1 Å². The predicted molar refractivity (Wildman–Crippen MR) is 144 cm³/mol. The summed E-state index contributed by atoms with van der Waals surface area (Å²) in [7, 11) is 3.87. The first-order valence-electron chi connectivity index (χ1n) is 12.7. The predicted octanol–water partition coefficient (Wildman–Crippen LogP) is 1.46. The Kier molecular flexibility index (Phi) is 6.98. The number of nitrogens with zero attached hydrogens (tertiary/aromatic N) is 7. The molecular formula is C26H35N9O2. The number of likely N-dealkylation sites (tertiary alicyclic amines) is 1. The molecule has 0 saturated carbocycles. The minimum Gasteiger partial charge on any atom is -0.369 e. The van der Waals surface area contributed by atoms with Crippen LogP contribution in [0.25, 0.3) is 0 Å². The molecule has 11 nitrogen and oxygen atoms in total. The fourth-order valence-electron chi connectivity index (χ4n) is 5.29. The van der Waals surface area contributed by atoms with Crippen molar-refractivity contribution in [3.63, 3.8) is 0 Å². The quantitative estimate of drug-likeness (QED) is 0.587. The van der Waals surface area contributed by atoms with E-state index in [4.69, 9.17) is 5.73 Å². The number of carbonyl (C=O) groups is 2. The molecule has 2 fully saturated rings. The maximum absolute atomic E-state index is 13.3. The number of hydrogen-bond acceptors (Lipinski definition) is 8. The van der Waals surface area contributed by atoms with Gasteiger partial charge in [-0.05, 0) is 43.8 Å². The molecule has 3 amide bonds. The van der Waals surface area contributed by atoms with Gasteiger partial charge in [-0.3, -0.25) is 9.69 Å². The average molecular weight is 506 g/mol. The van der Waals surface area contributed by atoms with Crippen molar-refractivity contribution in [2.45, 2.75) is 25.0 Å². The van der Waals surface area contributed by atoms with Gasteiger partial charge in [0.15, 0.2) is 0 Å². The van der Waals surface area contributed by atoms with Crippen LogP contribution in [-0.4, -0.2) is 102 Å². The van der Waals surface area contributed by atoms with Crippen molar-refractivity contribution >= 4 is 35.1 Å². The molecule has 1 aromatic carbocycles. The molecule has 37 heavy (non-hydrogen) atoms. The highest BCUT2D eigenvalue weighted by Gasteiger charge is 2.39. The number of rotatable bonds is 5. The first-order chi connectivity index (χ1) is 17.8. The molecule has 196 valence electrons. The van der Waals surface area contributed by atoms with Crippen LogP contribution in [-0.2, 0) is 11.3 Å². The van der Waals surface area contributed by atoms with E-state index in [-0.39, 0.29) is 24.0 Å². The summed E-state index contributed by atoms with van der Waals surface area (Å²) in [6.07, 6.45) is 3.68. The molecule has 4 heterocycles. The van der Waals surface area contributed by atoms with Crippen LogP contribution in [0.3, 0.4) is 0 Å². The lowest BCUT2D eigenvalue weighted by molar-refractivity contribution is -0.127. The number of urea groups is 1. The van der Waals surface area contributed by atoms with Gasteiger partial charge < -0.3 is 30.7 Å². The third-order valence-electron chi connectivity index (χ3n) is 7.53.